The van der Waals surface area contributed by atoms with Gasteiger partial charge in [-0.25, -0.2) is 0 Å². The van der Waals surface area contributed by atoms with Gasteiger partial charge >= 0.3 is 0 Å². The first-order chi connectivity index (χ1) is 12.4. The van der Waals surface area contributed by atoms with E-state index in [2.05, 4.69) is 6.92 Å². The van der Waals surface area contributed by atoms with Crippen molar-refractivity contribution in [3.63, 3.8) is 0 Å². The van der Waals surface area contributed by atoms with Gasteiger partial charge in [0.2, 0.25) is 0 Å². The number of hydrogen-bond acceptors (Lipinski definition) is 3. The van der Waals surface area contributed by atoms with Gasteiger partial charge in [0.25, 0.3) is 0 Å². The molecule has 0 spiro atoms. The maximum atomic E-state index is 13.1. The van der Waals surface area contributed by atoms with Crippen LogP contribution in [-0.4, -0.2) is 27.8 Å². The minimum Gasteiger partial charge on any atom is -0.396 e. The van der Waals surface area contributed by atoms with Gasteiger partial charge in [0.15, 0.2) is 11.6 Å². The topological polar surface area (TPSA) is 59.3 Å². The van der Waals surface area contributed by atoms with Crippen LogP contribution in [0.25, 0.3) is 10.9 Å². The van der Waals surface area contributed by atoms with Crippen molar-refractivity contribution >= 4 is 22.5 Å². The fraction of sp³-hybridized carbons (Fsp3) is 0.455. The molecule has 1 aliphatic carbocycles. The standard InChI is InChI=1S/C22H27NO3/c1-4-5-8-17-15(2)20(25)22(3,21(17)26)14-23-13-16(11-12-24)18-9-6-7-10-19(18)23/h6-7,9-10,13,24H,4-5,8,11-12,14H2,1-3H3/t22-/m1/s1. The number of nitrogens with zero attached hydrogens (tertiary/aromatic N) is 1. The summed E-state index contributed by atoms with van der Waals surface area (Å²) < 4.78 is 2.01. The van der Waals surface area contributed by atoms with Gasteiger partial charge in [-0.2, -0.15) is 0 Å². The highest BCUT2D eigenvalue weighted by Gasteiger charge is 2.49. The Morgan fingerprint density at radius 2 is 1.85 bits per heavy atom. The summed E-state index contributed by atoms with van der Waals surface area (Å²) in [5.41, 5.74) is 2.35. The second kappa shape index (κ2) is 7.20. The molecule has 1 atom stereocenters. The third-order valence-corrected chi connectivity index (χ3v) is 5.59. The van der Waals surface area contributed by atoms with Crippen molar-refractivity contribution in [2.45, 2.75) is 53.0 Å². The Hall–Kier alpha value is -2.20. The number of carbonyl (C=O) groups is 2. The maximum absolute atomic E-state index is 13.1. The molecule has 0 unspecified atom stereocenters. The molecular weight excluding hydrogens is 326 g/mol. The van der Waals surface area contributed by atoms with Gasteiger partial charge < -0.3 is 9.67 Å². The monoisotopic (exact) mass is 353 g/mol. The van der Waals surface area contributed by atoms with Gasteiger partial charge in [-0.05, 0) is 50.3 Å². The second-order valence-corrected chi connectivity index (χ2v) is 7.47. The molecule has 4 nitrogen and oxygen atoms in total. The van der Waals surface area contributed by atoms with Crippen LogP contribution < -0.4 is 0 Å². The van der Waals surface area contributed by atoms with Crippen LogP contribution in [0, 0.1) is 5.41 Å². The highest BCUT2D eigenvalue weighted by molar-refractivity contribution is 6.27. The van der Waals surface area contributed by atoms with E-state index in [1.54, 1.807) is 13.8 Å². The summed E-state index contributed by atoms with van der Waals surface area (Å²) in [5, 5.41) is 10.4. The second-order valence-electron chi connectivity index (χ2n) is 7.47. The maximum Gasteiger partial charge on any atom is 0.174 e. The molecule has 0 amide bonds. The normalized spacial score (nSPS) is 20.6. The van der Waals surface area contributed by atoms with Gasteiger partial charge in [0.05, 0.1) is 0 Å². The first kappa shape index (κ1) is 18.6. The van der Waals surface area contributed by atoms with Crippen LogP contribution in [0.4, 0.5) is 0 Å². The van der Waals surface area contributed by atoms with Crippen molar-refractivity contribution in [3.8, 4) is 0 Å². The van der Waals surface area contributed by atoms with E-state index in [1.165, 1.54) is 0 Å². The first-order valence-corrected chi connectivity index (χ1v) is 9.41. The van der Waals surface area contributed by atoms with E-state index in [0.717, 1.165) is 29.3 Å². The highest BCUT2D eigenvalue weighted by Crippen LogP contribution is 2.39. The molecule has 0 radical (unpaired) electrons. The summed E-state index contributed by atoms with van der Waals surface area (Å²) in [6.45, 7) is 6.07. The number of benzene rings is 1. The van der Waals surface area contributed by atoms with Crippen molar-refractivity contribution in [1.29, 1.82) is 0 Å². The Morgan fingerprint density at radius 3 is 2.54 bits per heavy atom. The molecule has 0 aliphatic heterocycles. The number of aromatic nitrogens is 1. The molecule has 2 aromatic rings. The van der Waals surface area contributed by atoms with Crippen molar-refractivity contribution in [3.05, 3.63) is 47.2 Å². The zero-order chi connectivity index (χ0) is 18.9. The minimum absolute atomic E-state index is 0.0186. The number of para-hydroxylation sites is 1. The predicted molar refractivity (Wildman–Crippen MR) is 103 cm³/mol. The smallest absolute Gasteiger partial charge is 0.174 e. The van der Waals surface area contributed by atoms with Crippen LogP contribution in [0.1, 0.15) is 45.6 Å². The van der Waals surface area contributed by atoms with Crippen LogP contribution in [0.5, 0.6) is 0 Å². The predicted octanol–water partition coefficient (Wildman–Crippen LogP) is 3.84. The number of rotatable bonds is 7. The number of carbonyl (C=O) groups excluding carboxylic acids is 2. The zero-order valence-electron chi connectivity index (χ0n) is 15.8. The van der Waals surface area contributed by atoms with Crippen molar-refractivity contribution in [2.75, 3.05) is 6.61 Å². The average molecular weight is 353 g/mol. The largest absolute Gasteiger partial charge is 0.396 e. The molecule has 1 aliphatic rings. The van der Waals surface area contributed by atoms with Crippen LogP contribution in [0.15, 0.2) is 41.6 Å². The molecule has 0 bridgehead atoms. The highest BCUT2D eigenvalue weighted by atomic mass is 16.3. The van der Waals surface area contributed by atoms with E-state index in [-0.39, 0.29) is 18.2 Å². The van der Waals surface area contributed by atoms with E-state index >= 15 is 0 Å². The van der Waals surface area contributed by atoms with Crippen LogP contribution >= 0.6 is 0 Å². The lowest BCUT2D eigenvalue weighted by atomic mass is 9.83. The number of aliphatic hydroxyl groups excluding tert-OH is 1. The summed E-state index contributed by atoms with van der Waals surface area (Å²) in [6, 6.07) is 7.95. The van der Waals surface area contributed by atoms with E-state index < -0.39 is 5.41 Å². The number of allylic oxidation sites excluding steroid dienone is 2. The molecular formula is C22H27NO3. The van der Waals surface area contributed by atoms with E-state index in [9.17, 15) is 14.7 Å². The van der Waals surface area contributed by atoms with Gasteiger partial charge in [0.1, 0.15) is 5.41 Å². The number of unbranched alkanes of at least 4 members (excludes halogenated alkanes) is 1. The fourth-order valence-electron chi connectivity index (χ4n) is 4.07. The van der Waals surface area contributed by atoms with Crippen molar-refractivity contribution in [2.24, 2.45) is 5.41 Å². The van der Waals surface area contributed by atoms with Crippen LogP contribution in [-0.2, 0) is 22.6 Å². The van der Waals surface area contributed by atoms with E-state index in [1.807, 2.05) is 35.0 Å². The summed E-state index contributed by atoms with van der Waals surface area (Å²) >= 11 is 0. The molecule has 26 heavy (non-hydrogen) atoms. The van der Waals surface area contributed by atoms with Crippen LogP contribution in [0.2, 0.25) is 0 Å². The molecule has 1 aromatic heterocycles. The number of ketones is 2. The molecule has 1 N–H and O–H groups in total. The fourth-order valence-corrected chi connectivity index (χ4v) is 4.07. The lowest BCUT2D eigenvalue weighted by Crippen LogP contribution is -2.36. The summed E-state index contributed by atoms with van der Waals surface area (Å²) in [7, 11) is 0. The molecule has 1 aromatic carbocycles. The van der Waals surface area contributed by atoms with Gasteiger partial charge in [-0.1, -0.05) is 31.5 Å². The molecule has 0 saturated heterocycles. The van der Waals surface area contributed by atoms with Gasteiger partial charge in [0, 0.05) is 35.8 Å². The summed E-state index contributed by atoms with van der Waals surface area (Å²) in [5.74, 6) is -0.0648. The number of Topliss-reactive ketones (excluding diaryl/α,β-unsaturated/α-hetero) is 2. The van der Waals surface area contributed by atoms with Crippen LogP contribution in [0.3, 0.4) is 0 Å². The third-order valence-electron chi connectivity index (χ3n) is 5.59. The Balaban J connectivity index is 1.98. The Bertz CT molecular complexity index is 890. The first-order valence-electron chi connectivity index (χ1n) is 9.41. The Morgan fingerprint density at radius 1 is 1.12 bits per heavy atom. The minimum atomic E-state index is -1.04. The number of aliphatic hydroxyl groups is 1. The quantitative estimate of drug-likeness (QED) is 0.769. The SMILES string of the molecule is CCCCC1=C(C)C(=O)[C@@](C)(Cn2cc(CCO)c3ccccc32)C1=O. The lowest BCUT2D eigenvalue weighted by molar-refractivity contribution is -0.133. The third kappa shape index (κ3) is 2.92. The number of fused-ring (bicyclic) bond motifs is 1. The Labute approximate surface area is 154 Å². The molecule has 0 fully saturated rings. The molecule has 1 heterocycles. The van der Waals surface area contributed by atoms with E-state index in [0.29, 0.717) is 30.5 Å². The van der Waals surface area contributed by atoms with Crippen molar-refractivity contribution in [1.82, 2.24) is 4.57 Å². The number of hydrogen-bond donors (Lipinski definition) is 1. The Kier molecular flexibility index (Phi) is 5.15. The zero-order valence-corrected chi connectivity index (χ0v) is 15.8. The van der Waals surface area contributed by atoms with Gasteiger partial charge in [-0.3, -0.25) is 9.59 Å². The van der Waals surface area contributed by atoms with Crippen molar-refractivity contribution < 1.29 is 14.7 Å². The summed E-state index contributed by atoms with van der Waals surface area (Å²) in [4.78, 5) is 26.0. The lowest BCUT2D eigenvalue weighted by Gasteiger charge is -2.23. The molecule has 138 valence electrons. The average Bonchev–Trinajstić information content (AvgIpc) is 3.05. The molecule has 3 rings (SSSR count). The summed E-state index contributed by atoms with van der Waals surface area (Å²) in [6.07, 6.45) is 5.15. The molecule has 0 saturated carbocycles. The van der Waals surface area contributed by atoms with Gasteiger partial charge in [-0.15, -0.1) is 0 Å². The molecule has 4 heteroatoms. The van der Waals surface area contributed by atoms with E-state index in [4.69, 9.17) is 0 Å².